The number of hydrogen-bond donors (Lipinski definition) is 2. The smallest absolute Gasteiger partial charge is 0.0540 e. The molecule has 0 aliphatic rings. The minimum atomic E-state index is 0.129. The maximum Gasteiger partial charge on any atom is 0.0540 e. The van der Waals surface area contributed by atoms with Gasteiger partial charge in [0.05, 0.1) is 6.61 Å². The van der Waals surface area contributed by atoms with Crippen LogP contribution in [0.2, 0.25) is 0 Å². The maximum atomic E-state index is 8.60. The van der Waals surface area contributed by atoms with Crippen molar-refractivity contribution in [2.75, 3.05) is 13.2 Å². The average molecular weight is 203 g/mol. The van der Waals surface area contributed by atoms with Crippen molar-refractivity contribution in [2.45, 2.75) is 19.9 Å². The molecule has 0 bridgehead atoms. The van der Waals surface area contributed by atoms with Gasteiger partial charge in [-0.15, -0.1) is 0 Å². The lowest BCUT2D eigenvalue weighted by Gasteiger charge is -2.01. The van der Waals surface area contributed by atoms with E-state index in [-0.39, 0.29) is 6.61 Å². The summed E-state index contributed by atoms with van der Waals surface area (Å²) >= 11 is 0. The van der Waals surface area contributed by atoms with Crippen molar-refractivity contribution < 1.29 is 5.11 Å². The zero-order valence-corrected chi connectivity index (χ0v) is 9.09. The molecule has 0 amide bonds. The van der Waals surface area contributed by atoms with E-state index >= 15 is 0 Å². The van der Waals surface area contributed by atoms with Crippen molar-refractivity contribution in [3.63, 3.8) is 0 Å². The SMILES string of the molecule is CCNCc1cccc(C#CCCO)c1. The van der Waals surface area contributed by atoms with E-state index in [0.717, 1.165) is 18.7 Å². The van der Waals surface area contributed by atoms with Gasteiger partial charge in [0.2, 0.25) is 0 Å². The Bertz CT molecular complexity index is 349. The third-order valence-electron chi connectivity index (χ3n) is 1.98. The zero-order valence-electron chi connectivity index (χ0n) is 9.09. The van der Waals surface area contributed by atoms with Crippen LogP contribution in [0.5, 0.6) is 0 Å². The molecule has 2 nitrogen and oxygen atoms in total. The summed E-state index contributed by atoms with van der Waals surface area (Å²) in [5.74, 6) is 5.94. The zero-order chi connectivity index (χ0) is 10.9. The normalized spacial score (nSPS) is 9.47. The molecule has 0 spiro atoms. The van der Waals surface area contributed by atoms with Crippen molar-refractivity contribution in [3.05, 3.63) is 35.4 Å². The second-order valence-electron chi connectivity index (χ2n) is 3.26. The highest BCUT2D eigenvalue weighted by Gasteiger charge is 1.92. The molecule has 0 aromatic heterocycles. The summed E-state index contributed by atoms with van der Waals surface area (Å²) in [5, 5.41) is 11.9. The van der Waals surface area contributed by atoms with Gasteiger partial charge in [-0.3, -0.25) is 0 Å². The Morgan fingerprint density at radius 2 is 2.27 bits per heavy atom. The lowest BCUT2D eigenvalue weighted by molar-refractivity contribution is 0.305. The van der Waals surface area contributed by atoms with Crippen molar-refractivity contribution in [3.8, 4) is 11.8 Å². The number of aliphatic hydroxyl groups excluding tert-OH is 1. The van der Waals surface area contributed by atoms with E-state index in [0.29, 0.717) is 6.42 Å². The first-order valence-corrected chi connectivity index (χ1v) is 5.26. The quantitative estimate of drug-likeness (QED) is 0.727. The van der Waals surface area contributed by atoms with Gasteiger partial charge in [-0.2, -0.15) is 0 Å². The fourth-order valence-electron chi connectivity index (χ4n) is 1.25. The predicted octanol–water partition coefficient (Wildman–Crippen LogP) is 1.53. The van der Waals surface area contributed by atoms with Gasteiger partial charge in [-0.1, -0.05) is 30.9 Å². The van der Waals surface area contributed by atoms with Crippen LogP contribution in [0.3, 0.4) is 0 Å². The Morgan fingerprint density at radius 1 is 1.40 bits per heavy atom. The van der Waals surface area contributed by atoms with E-state index in [2.05, 4.69) is 36.2 Å². The molecule has 0 aliphatic carbocycles. The topological polar surface area (TPSA) is 32.3 Å². The maximum absolute atomic E-state index is 8.60. The second-order valence-corrected chi connectivity index (χ2v) is 3.26. The fraction of sp³-hybridized carbons (Fsp3) is 0.385. The Morgan fingerprint density at radius 3 is 3.00 bits per heavy atom. The molecule has 1 rings (SSSR count). The molecule has 0 saturated carbocycles. The molecular formula is C13H17NO. The minimum Gasteiger partial charge on any atom is -0.395 e. The highest BCUT2D eigenvalue weighted by molar-refractivity contribution is 5.37. The molecule has 0 unspecified atom stereocenters. The minimum absolute atomic E-state index is 0.129. The highest BCUT2D eigenvalue weighted by atomic mass is 16.2. The van der Waals surface area contributed by atoms with Gasteiger partial charge in [0.1, 0.15) is 0 Å². The molecule has 1 aromatic carbocycles. The van der Waals surface area contributed by atoms with Gasteiger partial charge in [-0.05, 0) is 24.2 Å². The second kappa shape index (κ2) is 7.05. The van der Waals surface area contributed by atoms with Crippen LogP contribution in [-0.4, -0.2) is 18.3 Å². The van der Waals surface area contributed by atoms with E-state index in [1.165, 1.54) is 5.56 Å². The van der Waals surface area contributed by atoms with Crippen molar-refractivity contribution in [2.24, 2.45) is 0 Å². The van der Waals surface area contributed by atoms with Crippen LogP contribution in [0, 0.1) is 11.8 Å². The molecule has 0 heterocycles. The number of rotatable bonds is 4. The molecule has 0 radical (unpaired) electrons. The van der Waals surface area contributed by atoms with Gasteiger partial charge in [0.25, 0.3) is 0 Å². The van der Waals surface area contributed by atoms with E-state index in [1.807, 2.05) is 12.1 Å². The molecule has 0 aliphatic heterocycles. The molecule has 0 saturated heterocycles. The monoisotopic (exact) mass is 203 g/mol. The fourth-order valence-corrected chi connectivity index (χ4v) is 1.25. The molecule has 1 aromatic rings. The standard InChI is InChI=1S/C13H17NO/c1-2-14-11-13-8-5-7-12(10-13)6-3-4-9-15/h5,7-8,10,14-15H,2,4,9,11H2,1H3. The first-order valence-electron chi connectivity index (χ1n) is 5.26. The lowest BCUT2D eigenvalue weighted by atomic mass is 10.1. The van der Waals surface area contributed by atoms with Gasteiger partial charge in [-0.25, -0.2) is 0 Å². The van der Waals surface area contributed by atoms with E-state index < -0.39 is 0 Å². The van der Waals surface area contributed by atoms with Crippen LogP contribution >= 0.6 is 0 Å². The summed E-state index contributed by atoms with van der Waals surface area (Å²) in [6.07, 6.45) is 0.539. The third-order valence-corrected chi connectivity index (χ3v) is 1.98. The van der Waals surface area contributed by atoms with E-state index in [1.54, 1.807) is 0 Å². The van der Waals surface area contributed by atoms with Crippen molar-refractivity contribution >= 4 is 0 Å². The van der Waals surface area contributed by atoms with Gasteiger partial charge < -0.3 is 10.4 Å². The largest absolute Gasteiger partial charge is 0.395 e. The summed E-state index contributed by atoms with van der Waals surface area (Å²) in [7, 11) is 0. The number of benzene rings is 1. The first kappa shape index (κ1) is 11.8. The van der Waals surface area contributed by atoms with Crippen molar-refractivity contribution in [1.29, 1.82) is 0 Å². The molecule has 80 valence electrons. The van der Waals surface area contributed by atoms with Crippen LogP contribution in [-0.2, 0) is 6.54 Å². The summed E-state index contributed by atoms with van der Waals surface area (Å²) in [4.78, 5) is 0. The molecule has 0 fully saturated rings. The van der Waals surface area contributed by atoms with Crippen LogP contribution in [0.1, 0.15) is 24.5 Å². The Labute approximate surface area is 91.3 Å². The predicted molar refractivity (Wildman–Crippen MR) is 62.4 cm³/mol. The van der Waals surface area contributed by atoms with E-state index in [4.69, 9.17) is 5.11 Å². The molecule has 0 atom stereocenters. The van der Waals surface area contributed by atoms with Crippen LogP contribution in [0.15, 0.2) is 24.3 Å². The molecule has 2 N–H and O–H groups in total. The molecule has 2 heteroatoms. The highest BCUT2D eigenvalue weighted by Crippen LogP contribution is 2.03. The summed E-state index contributed by atoms with van der Waals surface area (Å²) in [5.41, 5.74) is 2.26. The van der Waals surface area contributed by atoms with E-state index in [9.17, 15) is 0 Å². The van der Waals surface area contributed by atoms with Crippen LogP contribution in [0.4, 0.5) is 0 Å². The molecular weight excluding hydrogens is 186 g/mol. The van der Waals surface area contributed by atoms with Crippen LogP contribution in [0.25, 0.3) is 0 Å². The first-order chi connectivity index (χ1) is 7.36. The Kier molecular flexibility index (Phi) is 5.54. The van der Waals surface area contributed by atoms with Gasteiger partial charge in [0, 0.05) is 18.5 Å². The van der Waals surface area contributed by atoms with Gasteiger partial charge in [0.15, 0.2) is 0 Å². The molecule has 15 heavy (non-hydrogen) atoms. The van der Waals surface area contributed by atoms with Gasteiger partial charge >= 0.3 is 0 Å². The summed E-state index contributed by atoms with van der Waals surface area (Å²) < 4.78 is 0. The lowest BCUT2D eigenvalue weighted by Crippen LogP contribution is -2.11. The Balaban J connectivity index is 2.62. The van der Waals surface area contributed by atoms with Crippen molar-refractivity contribution in [1.82, 2.24) is 5.32 Å². The number of nitrogens with one attached hydrogen (secondary N) is 1. The third kappa shape index (κ3) is 4.64. The summed E-state index contributed by atoms with van der Waals surface area (Å²) in [6, 6.07) is 8.16. The summed E-state index contributed by atoms with van der Waals surface area (Å²) in [6.45, 7) is 4.07. The number of aliphatic hydroxyl groups is 1. The Hall–Kier alpha value is -1.30. The number of hydrogen-bond acceptors (Lipinski definition) is 2. The van der Waals surface area contributed by atoms with Crippen LogP contribution < -0.4 is 5.32 Å². The average Bonchev–Trinajstić information content (AvgIpc) is 2.27.